The number of hydrogen-bond donors (Lipinski definition) is 0. The van der Waals surface area contributed by atoms with Gasteiger partial charge < -0.3 is 4.74 Å². The van der Waals surface area contributed by atoms with E-state index >= 15 is 0 Å². The summed E-state index contributed by atoms with van der Waals surface area (Å²) in [5, 5.41) is 0.353. The molecule has 0 bridgehead atoms. The molecule has 1 rings (SSSR count). The van der Waals surface area contributed by atoms with E-state index in [-0.39, 0.29) is 0 Å². The Hall–Kier alpha value is -1.16. The largest absolute Gasteiger partial charge is 0.467 e. The molecule has 0 aromatic carbocycles. The predicted molar refractivity (Wildman–Crippen MR) is 47.5 cm³/mol. The van der Waals surface area contributed by atoms with Crippen molar-refractivity contribution in [3.05, 3.63) is 22.7 Å². The molecule has 0 spiro atoms. The molecule has 0 aliphatic heterocycles. The molecule has 0 atom stereocenters. The molecule has 13 heavy (non-hydrogen) atoms. The molecule has 1 aromatic heterocycles. The van der Waals surface area contributed by atoms with Crippen molar-refractivity contribution < 1.29 is 9.53 Å². The summed E-state index contributed by atoms with van der Waals surface area (Å²) in [6.07, 6.45) is 2.03. The molecule has 5 heteroatoms. The van der Waals surface area contributed by atoms with Gasteiger partial charge >= 0.3 is 0 Å². The van der Waals surface area contributed by atoms with Gasteiger partial charge in [0.2, 0.25) is 0 Å². The van der Waals surface area contributed by atoms with Crippen LogP contribution in [0.4, 0.5) is 0 Å². The first kappa shape index (κ1) is 9.92. The Morgan fingerprint density at radius 3 is 3.15 bits per heavy atom. The maximum atomic E-state index is 9.86. The lowest BCUT2D eigenvalue weighted by atomic mass is 10.2. The molecule has 0 saturated carbocycles. The molecule has 0 unspecified atom stereocenters. The lowest BCUT2D eigenvalue weighted by Crippen LogP contribution is -2.02. The van der Waals surface area contributed by atoms with Gasteiger partial charge in [-0.25, -0.2) is 4.98 Å². The second-order valence-corrected chi connectivity index (χ2v) is 2.83. The van der Waals surface area contributed by atoms with Crippen molar-refractivity contribution in [2.75, 3.05) is 6.61 Å². The zero-order chi connectivity index (χ0) is 9.68. The van der Waals surface area contributed by atoms with Crippen molar-refractivity contribution in [1.82, 2.24) is 9.97 Å². The van der Waals surface area contributed by atoms with E-state index in [0.717, 1.165) is 11.4 Å². The summed E-state index contributed by atoms with van der Waals surface area (Å²) in [6, 6.07) is 0. The van der Waals surface area contributed by atoms with Crippen LogP contribution in [-0.2, 0) is 16.0 Å². The zero-order valence-electron chi connectivity index (χ0n) is 7.16. The number of hydrogen-bond acceptors (Lipinski definition) is 4. The van der Waals surface area contributed by atoms with Gasteiger partial charge in [0.25, 0.3) is 6.47 Å². The minimum absolute atomic E-state index is 0.305. The fourth-order valence-electron chi connectivity index (χ4n) is 0.904. The van der Waals surface area contributed by atoms with E-state index in [1.807, 2.05) is 6.92 Å². The smallest absolute Gasteiger partial charge is 0.293 e. The molecule has 0 saturated heterocycles. The lowest BCUT2D eigenvalue weighted by molar-refractivity contribution is -0.128. The van der Waals surface area contributed by atoms with Crippen LogP contribution in [0.5, 0.6) is 0 Å². The van der Waals surface area contributed by atoms with Gasteiger partial charge in [0.15, 0.2) is 0 Å². The number of rotatable bonds is 4. The van der Waals surface area contributed by atoms with Gasteiger partial charge in [0, 0.05) is 6.42 Å². The van der Waals surface area contributed by atoms with Gasteiger partial charge in [-0.05, 0) is 6.92 Å². The number of carbonyl (C=O) groups is 1. The van der Waals surface area contributed by atoms with E-state index in [9.17, 15) is 4.79 Å². The summed E-state index contributed by atoms with van der Waals surface area (Å²) in [7, 11) is 0. The number of aromatic nitrogens is 2. The van der Waals surface area contributed by atoms with Crippen LogP contribution in [0.3, 0.4) is 0 Å². The van der Waals surface area contributed by atoms with E-state index < -0.39 is 0 Å². The topological polar surface area (TPSA) is 52.1 Å². The Bertz CT molecular complexity index is 304. The van der Waals surface area contributed by atoms with Crippen LogP contribution in [0.15, 0.2) is 6.20 Å². The first-order valence-electron chi connectivity index (χ1n) is 3.77. The highest BCUT2D eigenvalue weighted by Crippen LogP contribution is 2.07. The Morgan fingerprint density at radius 2 is 2.46 bits per heavy atom. The maximum Gasteiger partial charge on any atom is 0.293 e. The minimum Gasteiger partial charge on any atom is -0.467 e. The van der Waals surface area contributed by atoms with Gasteiger partial charge in [-0.1, -0.05) is 11.6 Å². The van der Waals surface area contributed by atoms with Gasteiger partial charge in [-0.15, -0.1) is 0 Å². The van der Waals surface area contributed by atoms with Gasteiger partial charge in [-0.2, -0.15) is 0 Å². The molecule has 0 radical (unpaired) electrons. The molecule has 0 aliphatic rings. The first-order valence-corrected chi connectivity index (χ1v) is 4.15. The minimum atomic E-state index is 0.305. The Kier molecular flexibility index (Phi) is 3.64. The van der Waals surface area contributed by atoms with Crippen LogP contribution in [0, 0.1) is 6.92 Å². The summed E-state index contributed by atoms with van der Waals surface area (Å²) in [4.78, 5) is 17.9. The van der Waals surface area contributed by atoms with Crippen molar-refractivity contribution >= 4 is 18.1 Å². The summed E-state index contributed by atoms with van der Waals surface area (Å²) in [5.41, 5.74) is 1.56. The zero-order valence-corrected chi connectivity index (χ0v) is 7.91. The van der Waals surface area contributed by atoms with Crippen molar-refractivity contribution in [2.45, 2.75) is 13.3 Å². The van der Waals surface area contributed by atoms with Crippen molar-refractivity contribution in [2.24, 2.45) is 0 Å². The van der Waals surface area contributed by atoms with E-state index in [2.05, 4.69) is 14.7 Å². The number of ether oxygens (including phenoxy) is 1. The lowest BCUT2D eigenvalue weighted by Gasteiger charge is -2.02. The average molecular weight is 201 g/mol. The van der Waals surface area contributed by atoms with Crippen LogP contribution in [-0.4, -0.2) is 23.0 Å². The molecule has 0 aliphatic carbocycles. The van der Waals surface area contributed by atoms with Crippen LogP contribution < -0.4 is 0 Å². The van der Waals surface area contributed by atoms with Crippen LogP contribution in [0.25, 0.3) is 0 Å². The molecule has 1 heterocycles. The molecular weight excluding hydrogens is 192 g/mol. The number of carbonyl (C=O) groups excluding carboxylic acids is 1. The summed E-state index contributed by atoms with van der Waals surface area (Å²) in [5.74, 6) is 0. The van der Waals surface area contributed by atoms with Crippen molar-refractivity contribution in [3.63, 3.8) is 0 Å². The maximum absolute atomic E-state index is 9.86. The molecule has 0 fully saturated rings. The average Bonchev–Trinajstić information content (AvgIpc) is 2.11. The Labute approximate surface area is 80.9 Å². The van der Waals surface area contributed by atoms with Crippen molar-refractivity contribution in [3.8, 4) is 0 Å². The van der Waals surface area contributed by atoms with Crippen molar-refractivity contribution in [1.29, 1.82) is 0 Å². The quantitative estimate of drug-likeness (QED) is 0.541. The standard InChI is InChI=1S/C8H9ClN2O2/c1-6-7(2-3-13-5-12)11-8(9)4-10-6/h4-5H,2-3H2,1H3. The Balaban J connectivity index is 2.64. The number of nitrogens with zero attached hydrogens (tertiary/aromatic N) is 2. The molecule has 0 N–H and O–H groups in total. The monoisotopic (exact) mass is 200 g/mol. The highest BCUT2D eigenvalue weighted by atomic mass is 35.5. The second kappa shape index (κ2) is 4.77. The van der Waals surface area contributed by atoms with Crippen LogP contribution >= 0.6 is 11.6 Å². The predicted octanol–water partition coefficient (Wildman–Crippen LogP) is 1.15. The Morgan fingerprint density at radius 1 is 1.69 bits per heavy atom. The van der Waals surface area contributed by atoms with E-state index in [4.69, 9.17) is 11.6 Å². The highest BCUT2D eigenvalue weighted by Gasteiger charge is 2.02. The third kappa shape index (κ3) is 2.99. The summed E-state index contributed by atoms with van der Waals surface area (Å²) >= 11 is 5.65. The number of halogens is 1. The second-order valence-electron chi connectivity index (χ2n) is 2.44. The third-order valence-electron chi connectivity index (χ3n) is 1.55. The summed E-state index contributed by atoms with van der Waals surface area (Å²) in [6.45, 7) is 2.55. The van der Waals surface area contributed by atoms with E-state index in [1.165, 1.54) is 6.20 Å². The van der Waals surface area contributed by atoms with E-state index in [1.54, 1.807) is 0 Å². The van der Waals surface area contributed by atoms with Crippen LogP contribution in [0.1, 0.15) is 11.4 Å². The van der Waals surface area contributed by atoms with Gasteiger partial charge in [-0.3, -0.25) is 9.78 Å². The van der Waals surface area contributed by atoms with Gasteiger partial charge in [0.05, 0.1) is 24.2 Å². The molecule has 1 aromatic rings. The van der Waals surface area contributed by atoms with Crippen LogP contribution in [0.2, 0.25) is 5.15 Å². The fourth-order valence-corrected chi connectivity index (χ4v) is 1.05. The fraction of sp³-hybridized carbons (Fsp3) is 0.375. The SMILES string of the molecule is Cc1ncc(Cl)nc1CCOC=O. The number of aryl methyl sites for hydroxylation is 1. The summed E-state index contributed by atoms with van der Waals surface area (Å²) < 4.78 is 4.54. The highest BCUT2D eigenvalue weighted by molar-refractivity contribution is 6.29. The molecule has 4 nitrogen and oxygen atoms in total. The normalized spacial score (nSPS) is 9.69. The van der Waals surface area contributed by atoms with Gasteiger partial charge in [0.1, 0.15) is 5.15 Å². The first-order chi connectivity index (χ1) is 6.24. The molecule has 0 amide bonds. The molecule has 70 valence electrons. The van der Waals surface area contributed by atoms with E-state index in [0.29, 0.717) is 24.7 Å². The molecular formula is C8H9ClN2O2. The third-order valence-corrected chi connectivity index (χ3v) is 1.73.